The number of hydrogen-bond acceptors (Lipinski definition) is 3. The molecule has 132 valence electrons. The minimum atomic E-state index is 0.159. The predicted molar refractivity (Wildman–Crippen MR) is 101 cm³/mol. The Kier molecular flexibility index (Phi) is 8.03. The van der Waals surface area contributed by atoms with E-state index in [1.165, 1.54) is 32.1 Å². The van der Waals surface area contributed by atoms with Gasteiger partial charge in [-0.3, -0.25) is 0 Å². The summed E-state index contributed by atoms with van der Waals surface area (Å²) in [5.74, 6) is 0.883. The van der Waals surface area contributed by atoms with Crippen molar-refractivity contribution < 1.29 is 9.84 Å². The van der Waals surface area contributed by atoms with Crippen molar-refractivity contribution in [2.24, 2.45) is 0 Å². The number of aliphatic hydroxyl groups excluding tert-OH is 1. The summed E-state index contributed by atoms with van der Waals surface area (Å²) < 4.78 is 5.89. The summed E-state index contributed by atoms with van der Waals surface area (Å²) in [6, 6.07) is 10.4. The van der Waals surface area contributed by atoms with Gasteiger partial charge in [-0.1, -0.05) is 50.3 Å². The molecule has 1 N–H and O–H groups in total. The minimum absolute atomic E-state index is 0.159. The number of pyridine rings is 1. The molecule has 0 saturated carbocycles. The van der Waals surface area contributed by atoms with E-state index in [9.17, 15) is 0 Å². The van der Waals surface area contributed by atoms with Crippen LogP contribution in [0.1, 0.15) is 64.5 Å². The third kappa shape index (κ3) is 6.12. The monoisotopic (exact) mass is 329 g/mol. The van der Waals surface area contributed by atoms with E-state index in [-0.39, 0.29) is 6.10 Å². The van der Waals surface area contributed by atoms with E-state index in [1.807, 2.05) is 26.0 Å². The Bertz CT molecular complexity index is 610. The lowest BCUT2D eigenvalue weighted by Gasteiger charge is -2.12. The fourth-order valence-corrected chi connectivity index (χ4v) is 2.95. The lowest BCUT2D eigenvalue weighted by Crippen LogP contribution is -2.06. The molecule has 0 aliphatic carbocycles. The molecule has 1 heterocycles. The molecular weight excluding hydrogens is 298 g/mol. The molecule has 0 spiro atoms. The number of rotatable bonds is 11. The van der Waals surface area contributed by atoms with Gasteiger partial charge in [0.15, 0.2) is 0 Å². The number of fused-ring (bicyclic) bond motifs is 1. The van der Waals surface area contributed by atoms with Crippen LogP contribution in [0.25, 0.3) is 10.9 Å². The molecule has 0 amide bonds. The Labute approximate surface area is 146 Å². The maximum atomic E-state index is 8.76. The molecule has 2 rings (SSSR count). The van der Waals surface area contributed by atoms with Gasteiger partial charge >= 0.3 is 0 Å². The molecule has 1 aromatic carbocycles. The first-order valence-corrected chi connectivity index (χ1v) is 9.37. The Hall–Kier alpha value is -1.61. The molecule has 0 aliphatic heterocycles. The van der Waals surface area contributed by atoms with Crippen molar-refractivity contribution in [1.29, 1.82) is 0 Å². The number of nitrogens with zero attached hydrogens (tertiary/aromatic N) is 1. The first kappa shape index (κ1) is 18.7. The maximum Gasteiger partial charge on any atom is 0.145 e. The van der Waals surface area contributed by atoms with Crippen LogP contribution in [0.5, 0.6) is 5.75 Å². The SMILES string of the molecule is CC(C)Oc1cccc2ccc(CCCCCCCCCO)nc12. The van der Waals surface area contributed by atoms with Gasteiger partial charge in [-0.2, -0.15) is 0 Å². The zero-order valence-corrected chi connectivity index (χ0v) is 15.1. The van der Waals surface area contributed by atoms with Crippen LogP contribution < -0.4 is 4.74 Å². The summed E-state index contributed by atoms with van der Waals surface area (Å²) in [5, 5.41) is 9.90. The van der Waals surface area contributed by atoms with Gasteiger partial charge in [-0.05, 0) is 45.2 Å². The van der Waals surface area contributed by atoms with Gasteiger partial charge in [0.2, 0.25) is 0 Å². The van der Waals surface area contributed by atoms with Crippen molar-refractivity contribution in [3.8, 4) is 5.75 Å². The number of aryl methyl sites for hydroxylation is 1. The van der Waals surface area contributed by atoms with Crippen molar-refractivity contribution >= 4 is 10.9 Å². The van der Waals surface area contributed by atoms with E-state index in [4.69, 9.17) is 14.8 Å². The summed E-state index contributed by atoms with van der Waals surface area (Å²) in [6.07, 6.45) is 9.52. The van der Waals surface area contributed by atoms with Crippen molar-refractivity contribution in [2.75, 3.05) is 6.61 Å². The standard InChI is InChI=1S/C21H31NO2/c1-17(2)24-20-13-10-11-18-14-15-19(22-21(18)20)12-8-6-4-3-5-7-9-16-23/h10-11,13-15,17,23H,3-9,12,16H2,1-2H3. The molecule has 0 aliphatic rings. The highest BCUT2D eigenvalue weighted by Crippen LogP contribution is 2.25. The van der Waals surface area contributed by atoms with Gasteiger partial charge in [0, 0.05) is 17.7 Å². The van der Waals surface area contributed by atoms with E-state index in [1.54, 1.807) is 0 Å². The van der Waals surface area contributed by atoms with E-state index in [0.29, 0.717) is 6.61 Å². The van der Waals surface area contributed by atoms with Crippen LogP contribution in [0, 0.1) is 0 Å². The first-order valence-electron chi connectivity index (χ1n) is 9.37. The molecule has 24 heavy (non-hydrogen) atoms. The van der Waals surface area contributed by atoms with Crippen LogP contribution >= 0.6 is 0 Å². The van der Waals surface area contributed by atoms with Gasteiger partial charge in [-0.25, -0.2) is 4.98 Å². The van der Waals surface area contributed by atoms with Crippen LogP contribution in [0.15, 0.2) is 30.3 Å². The summed E-state index contributed by atoms with van der Waals surface area (Å²) >= 11 is 0. The van der Waals surface area contributed by atoms with Gasteiger partial charge < -0.3 is 9.84 Å². The molecule has 0 fully saturated rings. The summed E-state index contributed by atoms with van der Waals surface area (Å²) in [6.45, 7) is 4.42. The first-order chi connectivity index (χ1) is 11.7. The molecule has 1 aromatic heterocycles. The van der Waals surface area contributed by atoms with Crippen molar-refractivity contribution in [3.63, 3.8) is 0 Å². The highest BCUT2D eigenvalue weighted by molar-refractivity contribution is 5.84. The zero-order chi connectivity index (χ0) is 17.2. The second kappa shape index (κ2) is 10.3. The molecule has 0 radical (unpaired) electrons. The van der Waals surface area contributed by atoms with Gasteiger partial charge in [0.05, 0.1) is 6.10 Å². The van der Waals surface area contributed by atoms with Crippen molar-refractivity contribution in [3.05, 3.63) is 36.0 Å². The Morgan fingerprint density at radius 1 is 0.917 bits per heavy atom. The third-order valence-corrected chi connectivity index (χ3v) is 4.19. The van der Waals surface area contributed by atoms with Crippen molar-refractivity contribution in [2.45, 2.75) is 71.3 Å². The van der Waals surface area contributed by atoms with E-state index in [2.05, 4.69) is 18.2 Å². The number of hydrogen-bond donors (Lipinski definition) is 1. The van der Waals surface area contributed by atoms with Crippen LogP contribution in [0.4, 0.5) is 0 Å². The van der Waals surface area contributed by atoms with E-state index < -0.39 is 0 Å². The fraction of sp³-hybridized carbons (Fsp3) is 0.571. The minimum Gasteiger partial charge on any atom is -0.489 e. The smallest absolute Gasteiger partial charge is 0.145 e. The predicted octanol–water partition coefficient (Wildman–Crippen LogP) is 5.29. The van der Waals surface area contributed by atoms with Crippen molar-refractivity contribution in [1.82, 2.24) is 4.98 Å². The van der Waals surface area contributed by atoms with Crippen LogP contribution in [0.3, 0.4) is 0 Å². The molecule has 0 unspecified atom stereocenters. The number of unbranched alkanes of at least 4 members (excludes halogenated alkanes) is 6. The number of ether oxygens (including phenoxy) is 1. The van der Waals surface area contributed by atoms with Gasteiger partial charge in [0.1, 0.15) is 11.3 Å². The summed E-state index contributed by atoms with van der Waals surface area (Å²) in [7, 11) is 0. The lowest BCUT2D eigenvalue weighted by molar-refractivity contribution is 0.245. The topological polar surface area (TPSA) is 42.4 Å². The maximum absolute atomic E-state index is 8.76. The van der Waals surface area contributed by atoms with Crippen LogP contribution in [-0.2, 0) is 6.42 Å². The summed E-state index contributed by atoms with van der Waals surface area (Å²) in [5.41, 5.74) is 2.13. The number of aliphatic hydroxyl groups is 1. The Balaban J connectivity index is 1.84. The number of benzene rings is 1. The fourth-order valence-electron chi connectivity index (χ4n) is 2.95. The zero-order valence-electron chi connectivity index (χ0n) is 15.1. The molecule has 0 saturated heterocycles. The highest BCUT2D eigenvalue weighted by Gasteiger charge is 2.06. The Morgan fingerprint density at radius 2 is 1.62 bits per heavy atom. The molecule has 3 heteroatoms. The average molecular weight is 329 g/mol. The van der Waals surface area contributed by atoms with E-state index >= 15 is 0 Å². The van der Waals surface area contributed by atoms with Crippen LogP contribution in [0.2, 0.25) is 0 Å². The average Bonchev–Trinajstić information content (AvgIpc) is 2.57. The van der Waals surface area contributed by atoms with Crippen LogP contribution in [-0.4, -0.2) is 22.8 Å². The van der Waals surface area contributed by atoms with Gasteiger partial charge in [0.25, 0.3) is 0 Å². The second-order valence-corrected chi connectivity index (χ2v) is 6.75. The summed E-state index contributed by atoms with van der Waals surface area (Å²) in [4.78, 5) is 4.83. The second-order valence-electron chi connectivity index (χ2n) is 6.75. The molecular formula is C21H31NO2. The number of para-hydroxylation sites is 1. The Morgan fingerprint density at radius 3 is 2.33 bits per heavy atom. The molecule has 2 aromatic rings. The lowest BCUT2D eigenvalue weighted by atomic mass is 10.1. The molecule has 0 atom stereocenters. The molecule has 0 bridgehead atoms. The largest absolute Gasteiger partial charge is 0.489 e. The normalized spacial score (nSPS) is 11.3. The highest BCUT2D eigenvalue weighted by atomic mass is 16.5. The third-order valence-electron chi connectivity index (χ3n) is 4.19. The number of aromatic nitrogens is 1. The van der Waals surface area contributed by atoms with Gasteiger partial charge in [-0.15, -0.1) is 0 Å². The van der Waals surface area contributed by atoms with E-state index in [0.717, 1.165) is 41.6 Å². The quantitative estimate of drug-likeness (QED) is 0.570. The molecule has 3 nitrogen and oxygen atoms in total.